The normalized spacial score (nSPS) is 13.0. The molecular formula is C18H34Cl3NO2. The van der Waals surface area contributed by atoms with E-state index in [0.29, 0.717) is 6.42 Å². The van der Waals surface area contributed by atoms with Gasteiger partial charge in [0, 0.05) is 6.42 Å². The van der Waals surface area contributed by atoms with Crippen LogP contribution in [-0.2, 0) is 4.79 Å². The molecule has 0 rings (SSSR count). The predicted molar refractivity (Wildman–Crippen MR) is 105 cm³/mol. The van der Waals surface area contributed by atoms with Crippen molar-refractivity contribution >= 4 is 40.7 Å². The molecular weight excluding hydrogens is 369 g/mol. The van der Waals surface area contributed by atoms with E-state index in [9.17, 15) is 9.90 Å². The Morgan fingerprint density at radius 1 is 0.833 bits per heavy atom. The molecule has 0 aliphatic rings. The quantitative estimate of drug-likeness (QED) is 0.192. The Morgan fingerprint density at radius 2 is 1.21 bits per heavy atom. The molecule has 1 amide bonds. The fraction of sp³-hybridized carbons (Fsp3) is 0.944. The first-order valence-electron chi connectivity index (χ1n) is 9.42. The Balaban J connectivity index is 3.29. The minimum absolute atomic E-state index is 0.281. The van der Waals surface area contributed by atoms with Crippen molar-refractivity contribution in [1.82, 2.24) is 5.32 Å². The summed E-state index contributed by atoms with van der Waals surface area (Å²) in [6.07, 6.45) is 15.3. The van der Waals surface area contributed by atoms with Crippen LogP contribution >= 0.6 is 34.8 Å². The van der Waals surface area contributed by atoms with Crippen molar-refractivity contribution < 1.29 is 9.90 Å². The summed E-state index contributed by atoms with van der Waals surface area (Å²) in [5.41, 5.74) is 0. The molecule has 0 saturated carbocycles. The Morgan fingerprint density at radius 3 is 1.58 bits per heavy atom. The third-order valence-electron chi connectivity index (χ3n) is 4.12. The number of aliphatic hydroxyl groups is 1. The summed E-state index contributed by atoms with van der Waals surface area (Å²) in [7, 11) is 0. The van der Waals surface area contributed by atoms with Gasteiger partial charge in [0.25, 0.3) is 0 Å². The van der Waals surface area contributed by atoms with Gasteiger partial charge in [-0.25, -0.2) is 0 Å². The minimum atomic E-state index is -1.88. The molecule has 6 heteroatoms. The number of amides is 1. The van der Waals surface area contributed by atoms with E-state index in [4.69, 9.17) is 34.8 Å². The van der Waals surface area contributed by atoms with Crippen molar-refractivity contribution in [2.45, 2.75) is 107 Å². The molecule has 0 radical (unpaired) electrons. The van der Waals surface area contributed by atoms with E-state index in [-0.39, 0.29) is 5.91 Å². The van der Waals surface area contributed by atoms with Crippen molar-refractivity contribution in [2.75, 3.05) is 0 Å². The fourth-order valence-corrected chi connectivity index (χ4v) is 2.77. The number of halogens is 3. The van der Waals surface area contributed by atoms with E-state index in [2.05, 4.69) is 12.2 Å². The predicted octanol–water partition coefficient (Wildman–Crippen LogP) is 6.27. The van der Waals surface area contributed by atoms with Gasteiger partial charge in [-0.15, -0.1) is 0 Å². The van der Waals surface area contributed by atoms with E-state index in [0.717, 1.165) is 19.3 Å². The highest BCUT2D eigenvalue weighted by Gasteiger charge is 2.31. The van der Waals surface area contributed by atoms with Gasteiger partial charge in [0.05, 0.1) is 0 Å². The molecule has 2 N–H and O–H groups in total. The highest BCUT2D eigenvalue weighted by atomic mass is 35.6. The molecule has 0 fully saturated rings. The summed E-state index contributed by atoms with van der Waals surface area (Å²) in [5.74, 6) is -0.281. The number of rotatable bonds is 15. The lowest BCUT2D eigenvalue weighted by Crippen LogP contribution is -2.43. The number of carbonyl (C=O) groups is 1. The zero-order valence-corrected chi connectivity index (χ0v) is 17.2. The first-order valence-corrected chi connectivity index (χ1v) is 10.6. The SMILES string of the molecule is CCCCCCCCCCCCCCCC(=O)N[C@@H](O)C(Cl)(Cl)Cl. The van der Waals surface area contributed by atoms with Gasteiger partial charge < -0.3 is 10.4 Å². The average molecular weight is 403 g/mol. The van der Waals surface area contributed by atoms with Gasteiger partial charge in [0.2, 0.25) is 9.70 Å². The topological polar surface area (TPSA) is 49.3 Å². The van der Waals surface area contributed by atoms with E-state index in [1.165, 1.54) is 64.2 Å². The molecule has 0 unspecified atom stereocenters. The average Bonchev–Trinajstić information content (AvgIpc) is 2.51. The summed E-state index contributed by atoms with van der Waals surface area (Å²) in [5, 5.41) is 11.7. The van der Waals surface area contributed by atoms with Crippen LogP contribution in [0.5, 0.6) is 0 Å². The molecule has 144 valence electrons. The largest absolute Gasteiger partial charge is 0.369 e. The van der Waals surface area contributed by atoms with E-state index >= 15 is 0 Å². The molecule has 24 heavy (non-hydrogen) atoms. The Hall–Kier alpha value is 0.300. The van der Waals surface area contributed by atoms with Gasteiger partial charge in [0.15, 0.2) is 6.23 Å². The lowest BCUT2D eigenvalue weighted by molar-refractivity contribution is -0.124. The number of hydrogen-bond acceptors (Lipinski definition) is 2. The zero-order chi connectivity index (χ0) is 18.3. The van der Waals surface area contributed by atoms with Gasteiger partial charge in [-0.05, 0) is 6.42 Å². The second-order valence-electron chi connectivity index (χ2n) is 6.50. The van der Waals surface area contributed by atoms with Crippen LogP contribution in [-0.4, -0.2) is 21.0 Å². The highest BCUT2D eigenvalue weighted by molar-refractivity contribution is 6.68. The fourth-order valence-electron chi connectivity index (χ4n) is 2.61. The first-order chi connectivity index (χ1) is 11.4. The lowest BCUT2D eigenvalue weighted by atomic mass is 10.0. The van der Waals surface area contributed by atoms with Gasteiger partial charge in [-0.3, -0.25) is 4.79 Å². The van der Waals surface area contributed by atoms with Crippen molar-refractivity contribution in [3.63, 3.8) is 0 Å². The number of hydrogen-bond donors (Lipinski definition) is 2. The van der Waals surface area contributed by atoms with E-state index in [1.54, 1.807) is 0 Å². The van der Waals surface area contributed by atoms with Crippen LogP contribution in [0, 0.1) is 0 Å². The smallest absolute Gasteiger partial charge is 0.234 e. The van der Waals surface area contributed by atoms with Gasteiger partial charge in [-0.2, -0.15) is 0 Å². The summed E-state index contributed by atoms with van der Waals surface area (Å²) in [6, 6.07) is 0. The van der Waals surface area contributed by atoms with Crippen molar-refractivity contribution in [2.24, 2.45) is 0 Å². The van der Waals surface area contributed by atoms with Gasteiger partial charge >= 0.3 is 0 Å². The summed E-state index contributed by atoms with van der Waals surface area (Å²) >= 11 is 16.4. The second kappa shape index (κ2) is 15.5. The van der Waals surface area contributed by atoms with Crippen LogP contribution in [0.2, 0.25) is 0 Å². The maximum Gasteiger partial charge on any atom is 0.234 e. The van der Waals surface area contributed by atoms with Crippen molar-refractivity contribution in [3.05, 3.63) is 0 Å². The molecule has 0 aromatic carbocycles. The van der Waals surface area contributed by atoms with Crippen LogP contribution in [0.1, 0.15) is 96.8 Å². The van der Waals surface area contributed by atoms with Crippen molar-refractivity contribution in [3.8, 4) is 0 Å². The van der Waals surface area contributed by atoms with E-state index < -0.39 is 10.0 Å². The van der Waals surface area contributed by atoms with Crippen LogP contribution in [0.4, 0.5) is 0 Å². The maximum atomic E-state index is 11.6. The van der Waals surface area contributed by atoms with Gasteiger partial charge in [0.1, 0.15) is 0 Å². The molecule has 0 bridgehead atoms. The highest BCUT2D eigenvalue weighted by Crippen LogP contribution is 2.28. The lowest BCUT2D eigenvalue weighted by Gasteiger charge is -2.19. The molecule has 0 spiro atoms. The second-order valence-corrected chi connectivity index (χ2v) is 8.87. The van der Waals surface area contributed by atoms with Crippen LogP contribution in [0.3, 0.4) is 0 Å². The molecule has 0 aliphatic carbocycles. The van der Waals surface area contributed by atoms with E-state index in [1.807, 2.05) is 0 Å². The summed E-state index contributed by atoms with van der Waals surface area (Å²) in [4.78, 5) is 11.6. The summed E-state index contributed by atoms with van der Waals surface area (Å²) < 4.78 is -1.88. The number of alkyl halides is 3. The number of carbonyl (C=O) groups excluding carboxylic acids is 1. The number of unbranched alkanes of at least 4 members (excludes halogenated alkanes) is 12. The first kappa shape index (κ1) is 24.3. The number of aliphatic hydroxyl groups excluding tert-OH is 1. The molecule has 0 aromatic heterocycles. The molecule has 3 nitrogen and oxygen atoms in total. The maximum absolute atomic E-state index is 11.6. The number of nitrogens with one attached hydrogen (secondary N) is 1. The molecule has 0 saturated heterocycles. The monoisotopic (exact) mass is 401 g/mol. The molecule has 0 aliphatic heterocycles. The third-order valence-corrected chi connectivity index (χ3v) is 4.74. The van der Waals surface area contributed by atoms with Crippen molar-refractivity contribution in [1.29, 1.82) is 0 Å². The standard InChI is InChI=1S/C18H34Cl3NO2/c1-2-3-4-5-6-7-8-9-10-11-12-13-14-15-16(23)22-17(24)18(19,20)21/h17,24H,2-15H2,1H3,(H,22,23)/t17-/m0/s1. The molecule has 0 aromatic rings. The van der Waals surface area contributed by atoms with Crippen LogP contribution in [0.15, 0.2) is 0 Å². The third kappa shape index (κ3) is 15.8. The zero-order valence-electron chi connectivity index (χ0n) is 15.0. The Kier molecular flexibility index (Phi) is 15.7. The Labute approximate surface area is 162 Å². The van der Waals surface area contributed by atoms with Gasteiger partial charge in [-0.1, -0.05) is 119 Å². The minimum Gasteiger partial charge on any atom is -0.369 e. The van der Waals surface area contributed by atoms with Crippen LogP contribution < -0.4 is 5.32 Å². The molecule has 0 heterocycles. The Bertz CT molecular complexity index is 309. The molecule has 1 atom stereocenters. The summed E-state index contributed by atoms with van der Waals surface area (Å²) in [6.45, 7) is 2.25. The van der Waals surface area contributed by atoms with Crippen LogP contribution in [0.25, 0.3) is 0 Å².